The molecule has 0 fully saturated rings. The highest BCUT2D eigenvalue weighted by Crippen LogP contribution is 2.14. The van der Waals surface area contributed by atoms with Gasteiger partial charge in [-0.3, -0.25) is 14.4 Å². The van der Waals surface area contributed by atoms with E-state index in [2.05, 4.69) is 57.2 Å². The van der Waals surface area contributed by atoms with Crippen LogP contribution in [0.4, 0.5) is 0 Å². The summed E-state index contributed by atoms with van der Waals surface area (Å²) in [5.74, 6) is -0.893. The minimum absolute atomic E-state index is 0.0786. The molecule has 6 heteroatoms. The van der Waals surface area contributed by atoms with Gasteiger partial charge in [0.2, 0.25) is 0 Å². The monoisotopic (exact) mass is 801 g/mol. The van der Waals surface area contributed by atoms with Gasteiger partial charge in [0.25, 0.3) is 0 Å². The molecule has 0 aromatic rings. The minimum atomic E-state index is -0.776. The van der Waals surface area contributed by atoms with Gasteiger partial charge in [-0.25, -0.2) is 0 Å². The van der Waals surface area contributed by atoms with Crippen LogP contribution in [0.2, 0.25) is 0 Å². The lowest BCUT2D eigenvalue weighted by atomic mass is 10.1. The molecule has 0 spiro atoms. The van der Waals surface area contributed by atoms with Crippen LogP contribution in [0.3, 0.4) is 0 Å². The predicted octanol–water partition coefficient (Wildman–Crippen LogP) is 15.8. The molecule has 0 aromatic heterocycles. The van der Waals surface area contributed by atoms with Gasteiger partial charge < -0.3 is 14.2 Å². The van der Waals surface area contributed by atoms with Gasteiger partial charge in [-0.2, -0.15) is 0 Å². The lowest BCUT2D eigenvalue weighted by Crippen LogP contribution is -2.30. The number of unbranched alkanes of at least 4 members (excludes halogenated alkanes) is 27. The first-order valence-corrected chi connectivity index (χ1v) is 24.5. The fraction of sp³-hybridized carbons (Fsp3) is 0.824. The second kappa shape index (κ2) is 46.3. The molecule has 0 aliphatic rings. The molecule has 0 heterocycles. The number of ether oxygens (including phenoxy) is 3. The van der Waals surface area contributed by atoms with E-state index in [0.29, 0.717) is 19.3 Å². The molecule has 0 unspecified atom stereocenters. The third-order valence-corrected chi connectivity index (χ3v) is 10.6. The van der Waals surface area contributed by atoms with Gasteiger partial charge in [0.15, 0.2) is 6.10 Å². The molecule has 0 aliphatic heterocycles. The molecule has 0 N–H and O–H groups in total. The summed E-state index contributed by atoms with van der Waals surface area (Å²) in [7, 11) is 0. The van der Waals surface area contributed by atoms with Gasteiger partial charge in [-0.05, 0) is 96.3 Å². The summed E-state index contributed by atoms with van der Waals surface area (Å²) in [5.41, 5.74) is 0. The number of allylic oxidation sites excluding steroid dienone is 6. The first-order valence-electron chi connectivity index (χ1n) is 24.5. The molecule has 0 saturated carbocycles. The van der Waals surface area contributed by atoms with Crippen LogP contribution in [-0.4, -0.2) is 37.2 Å². The normalized spacial score (nSPS) is 11.8. The molecule has 0 amide bonds. The second-order valence-electron chi connectivity index (χ2n) is 16.4. The summed E-state index contributed by atoms with van der Waals surface area (Å²) in [4.78, 5) is 37.8. The van der Waals surface area contributed by atoms with Gasteiger partial charge in [0, 0.05) is 19.3 Å². The molecule has 0 rings (SSSR count). The highest BCUT2D eigenvalue weighted by molar-refractivity contribution is 5.71. The van der Waals surface area contributed by atoms with Crippen molar-refractivity contribution in [2.24, 2.45) is 0 Å². The smallest absolute Gasteiger partial charge is 0.306 e. The number of hydrogen-bond donors (Lipinski definition) is 0. The number of carbonyl (C=O) groups is 3. The van der Waals surface area contributed by atoms with Gasteiger partial charge in [0.1, 0.15) is 13.2 Å². The Morgan fingerprint density at radius 1 is 0.333 bits per heavy atom. The molecule has 332 valence electrons. The topological polar surface area (TPSA) is 78.9 Å². The van der Waals surface area contributed by atoms with Crippen LogP contribution >= 0.6 is 0 Å². The van der Waals surface area contributed by atoms with E-state index in [1.54, 1.807) is 0 Å². The van der Waals surface area contributed by atoms with Crippen molar-refractivity contribution in [3.63, 3.8) is 0 Å². The number of rotatable bonds is 44. The Morgan fingerprint density at radius 3 is 0.877 bits per heavy atom. The number of esters is 3. The minimum Gasteiger partial charge on any atom is -0.462 e. The fourth-order valence-corrected chi connectivity index (χ4v) is 6.84. The quantitative estimate of drug-likeness (QED) is 0.0264. The Hall–Kier alpha value is -2.37. The van der Waals surface area contributed by atoms with Gasteiger partial charge >= 0.3 is 17.9 Å². The van der Waals surface area contributed by atoms with E-state index in [1.165, 1.54) is 135 Å². The molecular formula is C51H92O6. The van der Waals surface area contributed by atoms with E-state index in [-0.39, 0.29) is 31.1 Å². The third kappa shape index (κ3) is 44.6. The van der Waals surface area contributed by atoms with Gasteiger partial charge in [-0.1, -0.05) is 173 Å². The van der Waals surface area contributed by atoms with Crippen LogP contribution in [0.5, 0.6) is 0 Å². The van der Waals surface area contributed by atoms with Gasteiger partial charge in [0.05, 0.1) is 0 Å². The Labute approximate surface area is 353 Å². The Morgan fingerprint density at radius 2 is 0.579 bits per heavy atom. The molecule has 57 heavy (non-hydrogen) atoms. The molecule has 0 bridgehead atoms. The zero-order chi connectivity index (χ0) is 41.5. The lowest BCUT2D eigenvalue weighted by Gasteiger charge is -2.18. The highest BCUT2D eigenvalue weighted by Gasteiger charge is 2.19. The van der Waals surface area contributed by atoms with E-state index >= 15 is 0 Å². The molecule has 0 saturated heterocycles. The Balaban J connectivity index is 4.39. The van der Waals surface area contributed by atoms with Crippen LogP contribution in [0, 0.1) is 0 Å². The highest BCUT2D eigenvalue weighted by atomic mass is 16.6. The summed E-state index contributed by atoms with van der Waals surface area (Å²) in [6.07, 6.45) is 52.6. The summed E-state index contributed by atoms with van der Waals surface area (Å²) in [6.45, 7) is 6.56. The van der Waals surface area contributed by atoms with E-state index in [9.17, 15) is 14.4 Å². The molecule has 0 aromatic carbocycles. The van der Waals surface area contributed by atoms with Crippen molar-refractivity contribution in [2.45, 2.75) is 258 Å². The summed E-state index contributed by atoms with van der Waals surface area (Å²) in [5, 5.41) is 0. The Kier molecular flexibility index (Phi) is 44.4. The van der Waals surface area contributed by atoms with E-state index in [4.69, 9.17) is 14.2 Å². The largest absolute Gasteiger partial charge is 0.462 e. The average molecular weight is 801 g/mol. The standard InChI is InChI=1S/C51H92O6/c1-4-7-10-13-16-19-22-25-28-31-34-37-40-43-49(52)55-46-48(57-51(54)45-42-39-36-33-30-27-24-21-18-15-12-9-6-3)47-56-50(53)44-41-38-35-32-29-26-23-20-17-14-11-8-5-2/h16-21,48H,4-15,22-47H2,1-3H3/b19-16-,20-17-,21-18-. The lowest BCUT2D eigenvalue weighted by molar-refractivity contribution is -0.167. The molecular weight excluding hydrogens is 709 g/mol. The Bertz CT molecular complexity index is 917. The van der Waals surface area contributed by atoms with E-state index in [0.717, 1.165) is 77.0 Å². The van der Waals surface area contributed by atoms with E-state index in [1.807, 2.05) is 0 Å². The predicted molar refractivity (Wildman–Crippen MR) is 242 cm³/mol. The molecule has 0 radical (unpaired) electrons. The van der Waals surface area contributed by atoms with Gasteiger partial charge in [-0.15, -0.1) is 0 Å². The SMILES string of the molecule is CCCCC/C=C\CCCCCCCCC(=O)OCC(COC(=O)CCCCCCCC/C=C\CCCCC)OC(=O)CCCCCCCC/C=C\CCCCC. The first-order chi connectivity index (χ1) is 28.0. The van der Waals surface area contributed by atoms with Crippen molar-refractivity contribution in [1.82, 2.24) is 0 Å². The summed E-state index contributed by atoms with van der Waals surface area (Å²) < 4.78 is 16.7. The summed E-state index contributed by atoms with van der Waals surface area (Å²) >= 11 is 0. The van der Waals surface area contributed by atoms with Crippen LogP contribution in [-0.2, 0) is 28.6 Å². The number of carbonyl (C=O) groups excluding carboxylic acids is 3. The van der Waals surface area contributed by atoms with Crippen molar-refractivity contribution in [1.29, 1.82) is 0 Å². The van der Waals surface area contributed by atoms with Crippen LogP contribution < -0.4 is 0 Å². The second-order valence-corrected chi connectivity index (χ2v) is 16.4. The average Bonchev–Trinajstić information content (AvgIpc) is 3.21. The maximum Gasteiger partial charge on any atom is 0.306 e. The fourth-order valence-electron chi connectivity index (χ4n) is 6.84. The van der Waals surface area contributed by atoms with Crippen molar-refractivity contribution in [2.75, 3.05) is 13.2 Å². The molecule has 0 aliphatic carbocycles. The van der Waals surface area contributed by atoms with Crippen LogP contribution in [0.1, 0.15) is 252 Å². The van der Waals surface area contributed by atoms with Crippen LogP contribution in [0.25, 0.3) is 0 Å². The maximum atomic E-state index is 12.7. The van der Waals surface area contributed by atoms with Crippen molar-refractivity contribution < 1.29 is 28.6 Å². The van der Waals surface area contributed by atoms with Crippen LogP contribution in [0.15, 0.2) is 36.5 Å². The van der Waals surface area contributed by atoms with Crippen molar-refractivity contribution in [3.05, 3.63) is 36.5 Å². The maximum absolute atomic E-state index is 12.7. The number of hydrogen-bond acceptors (Lipinski definition) is 6. The van der Waals surface area contributed by atoms with Crippen molar-refractivity contribution in [3.8, 4) is 0 Å². The van der Waals surface area contributed by atoms with Crippen molar-refractivity contribution >= 4 is 17.9 Å². The summed E-state index contributed by atoms with van der Waals surface area (Å²) in [6, 6.07) is 0. The van der Waals surface area contributed by atoms with E-state index < -0.39 is 6.10 Å². The molecule has 0 atom stereocenters. The zero-order valence-electron chi connectivity index (χ0n) is 37.9. The third-order valence-electron chi connectivity index (χ3n) is 10.6. The molecule has 6 nitrogen and oxygen atoms in total. The zero-order valence-corrected chi connectivity index (χ0v) is 37.9. The first kappa shape index (κ1) is 54.6.